The van der Waals surface area contributed by atoms with Gasteiger partial charge in [-0.05, 0) is 18.8 Å². The van der Waals surface area contributed by atoms with Crippen LogP contribution in [0.4, 0.5) is 13.2 Å². The van der Waals surface area contributed by atoms with E-state index in [1.165, 1.54) is 0 Å². The second-order valence-electron chi connectivity index (χ2n) is 3.45. The fourth-order valence-corrected chi connectivity index (χ4v) is 1.77. The predicted octanol–water partition coefficient (Wildman–Crippen LogP) is 3.01. The Morgan fingerprint density at radius 1 is 1.08 bits per heavy atom. The van der Waals surface area contributed by atoms with Gasteiger partial charge in [0, 0.05) is 0 Å². The summed E-state index contributed by atoms with van der Waals surface area (Å²) < 4.78 is 36.1. The van der Waals surface area contributed by atoms with E-state index >= 15 is 0 Å². The molecule has 1 aliphatic rings. The van der Waals surface area contributed by atoms with E-state index in [1.54, 1.807) is 0 Å². The predicted molar refractivity (Wildman–Crippen MR) is 42.9 cm³/mol. The summed E-state index contributed by atoms with van der Waals surface area (Å²) in [6.07, 6.45) is 0.130. The Hall–Kier alpha value is -0.510. The lowest BCUT2D eigenvalue weighted by Crippen LogP contribution is -2.23. The lowest BCUT2D eigenvalue weighted by atomic mass is 9.85. The first kappa shape index (κ1) is 10.6. The standard InChI is InChI=1S/C9H13F3O/c10-7(9(11)12)8(13)6-4-2-1-3-5-6/h6,8,13H,1-5H2/t8-/m1/s1. The van der Waals surface area contributed by atoms with Crippen LogP contribution in [0.2, 0.25) is 0 Å². The highest BCUT2D eigenvalue weighted by Gasteiger charge is 2.27. The van der Waals surface area contributed by atoms with E-state index in [9.17, 15) is 18.3 Å². The molecule has 13 heavy (non-hydrogen) atoms. The Kier molecular flexibility index (Phi) is 3.78. The SMILES string of the molecule is O[C@@H](C(F)=C(F)F)C1CCCCC1. The third-order valence-electron chi connectivity index (χ3n) is 2.54. The molecule has 1 rings (SSSR count). The zero-order chi connectivity index (χ0) is 9.84. The first-order valence-electron chi connectivity index (χ1n) is 4.51. The Morgan fingerprint density at radius 3 is 2.08 bits per heavy atom. The van der Waals surface area contributed by atoms with Crippen LogP contribution >= 0.6 is 0 Å². The first-order chi connectivity index (χ1) is 6.13. The summed E-state index contributed by atoms with van der Waals surface area (Å²) in [6.45, 7) is 0. The van der Waals surface area contributed by atoms with Crippen molar-refractivity contribution in [1.82, 2.24) is 0 Å². The Morgan fingerprint density at radius 2 is 1.62 bits per heavy atom. The number of aliphatic hydroxyl groups excluding tert-OH is 1. The van der Waals surface area contributed by atoms with Gasteiger partial charge in [-0.25, -0.2) is 4.39 Å². The molecule has 1 nitrogen and oxygen atoms in total. The van der Waals surface area contributed by atoms with Crippen molar-refractivity contribution in [3.63, 3.8) is 0 Å². The zero-order valence-electron chi connectivity index (χ0n) is 7.27. The van der Waals surface area contributed by atoms with Gasteiger partial charge in [0.2, 0.25) is 0 Å². The van der Waals surface area contributed by atoms with Crippen LogP contribution in [0.5, 0.6) is 0 Å². The van der Waals surface area contributed by atoms with E-state index in [4.69, 9.17) is 0 Å². The molecule has 0 aliphatic heterocycles. The molecule has 0 amide bonds. The minimum Gasteiger partial charge on any atom is -0.385 e. The Labute approximate surface area is 75.3 Å². The molecule has 76 valence electrons. The number of hydrogen-bond donors (Lipinski definition) is 1. The average molecular weight is 194 g/mol. The molecule has 0 radical (unpaired) electrons. The van der Waals surface area contributed by atoms with Crippen molar-refractivity contribution in [2.75, 3.05) is 0 Å². The highest BCUT2D eigenvalue weighted by molar-refractivity contribution is 5.01. The fourth-order valence-electron chi connectivity index (χ4n) is 1.77. The van der Waals surface area contributed by atoms with Gasteiger partial charge in [-0.2, -0.15) is 8.78 Å². The van der Waals surface area contributed by atoms with Gasteiger partial charge >= 0.3 is 6.08 Å². The molecule has 0 heterocycles. The third-order valence-corrected chi connectivity index (χ3v) is 2.54. The molecular formula is C9H13F3O. The maximum absolute atomic E-state index is 12.6. The molecule has 0 aromatic rings. The van der Waals surface area contributed by atoms with Gasteiger partial charge in [-0.3, -0.25) is 0 Å². The van der Waals surface area contributed by atoms with Gasteiger partial charge in [0.05, 0.1) is 0 Å². The topological polar surface area (TPSA) is 20.2 Å². The zero-order valence-corrected chi connectivity index (χ0v) is 7.27. The summed E-state index contributed by atoms with van der Waals surface area (Å²) in [6, 6.07) is 0. The van der Waals surface area contributed by atoms with Gasteiger partial charge in [-0.1, -0.05) is 19.3 Å². The van der Waals surface area contributed by atoms with Gasteiger partial charge in [0.25, 0.3) is 0 Å². The molecule has 0 aromatic heterocycles. The summed E-state index contributed by atoms with van der Waals surface area (Å²) in [4.78, 5) is 0. The van der Waals surface area contributed by atoms with Gasteiger partial charge in [-0.15, -0.1) is 0 Å². The molecule has 4 heteroatoms. The van der Waals surface area contributed by atoms with Gasteiger partial charge in [0.1, 0.15) is 6.10 Å². The smallest absolute Gasteiger partial charge is 0.304 e. The van der Waals surface area contributed by atoms with Crippen LogP contribution in [0.1, 0.15) is 32.1 Å². The molecular weight excluding hydrogens is 181 g/mol. The summed E-state index contributed by atoms with van der Waals surface area (Å²) >= 11 is 0. The van der Waals surface area contributed by atoms with Gasteiger partial charge < -0.3 is 5.11 Å². The fraction of sp³-hybridized carbons (Fsp3) is 0.778. The quantitative estimate of drug-likeness (QED) is 0.716. The van der Waals surface area contributed by atoms with Crippen molar-refractivity contribution in [1.29, 1.82) is 0 Å². The Balaban J connectivity index is 2.55. The van der Waals surface area contributed by atoms with E-state index in [-0.39, 0.29) is 5.92 Å². The van der Waals surface area contributed by atoms with Crippen molar-refractivity contribution in [2.45, 2.75) is 38.2 Å². The first-order valence-corrected chi connectivity index (χ1v) is 4.51. The maximum Gasteiger partial charge on any atom is 0.304 e. The maximum atomic E-state index is 12.6. The van der Waals surface area contributed by atoms with E-state index < -0.39 is 18.0 Å². The largest absolute Gasteiger partial charge is 0.385 e. The summed E-state index contributed by atoms with van der Waals surface area (Å²) in [7, 11) is 0. The number of hydrogen-bond acceptors (Lipinski definition) is 1. The molecule has 0 aromatic carbocycles. The number of rotatable bonds is 2. The third kappa shape index (κ3) is 2.72. The molecule has 1 aliphatic carbocycles. The van der Waals surface area contributed by atoms with Crippen LogP contribution in [-0.2, 0) is 0 Å². The van der Waals surface area contributed by atoms with E-state index in [0.29, 0.717) is 12.8 Å². The number of aliphatic hydroxyl groups is 1. The van der Waals surface area contributed by atoms with E-state index in [0.717, 1.165) is 19.3 Å². The average Bonchev–Trinajstić information content (AvgIpc) is 2.17. The van der Waals surface area contributed by atoms with Crippen LogP contribution in [0.3, 0.4) is 0 Å². The summed E-state index contributed by atoms with van der Waals surface area (Å²) in [5, 5.41) is 9.20. The highest BCUT2D eigenvalue weighted by atomic mass is 19.3. The van der Waals surface area contributed by atoms with Crippen molar-refractivity contribution >= 4 is 0 Å². The lowest BCUT2D eigenvalue weighted by Gasteiger charge is -2.24. The number of halogens is 3. The molecule has 1 saturated carbocycles. The van der Waals surface area contributed by atoms with Gasteiger partial charge in [0.15, 0.2) is 5.83 Å². The summed E-state index contributed by atoms with van der Waals surface area (Å²) in [5.41, 5.74) is 0. The molecule has 0 unspecified atom stereocenters. The second-order valence-corrected chi connectivity index (χ2v) is 3.45. The van der Waals surface area contributed by atoms with Crippen molar-refractivity contribution in [3.8, 4) is 0 Å². The van der Waals surface area contributed by atoms with Crippen LogP contribution in [0.25, 0.3) is 0 Å². The van der Waals surface area contributed by atoms with Crippen LogP contribution in [-0.4, -0.2) is 11.2 Å². The van der Waals surface area contributed by atoms with Crippen LogP contribution in [0.15, 0.2) is 11.9 Å². The highest BCUT2D eigenvalue weighted by Crippen LogP contribution is 2.31. The van der Waals surface area contributed by atoms with Crippen molar-refractivity contribution < 1.29 is 18.3 Å². The van der Waals surface area contributed by atoms with Crippen LogP contribution in [0, 0.1) is 5.92 Å². The molecule has 0 bridgehead atoms. The monoisotopic (exact) mass is 194 g/mol. The van der Waals surface area contributed by atoms with Crippen molar-refractivity contribution in [3.05, 3.63) is 11.9 Å². The van der Waals surface area contributed by atoms with Crippen LogP contribution < -0.4 is 0 Å². The Bertz CT molecular complexity index is 193. The van der Waals surface area contributed by atoms with Crippen molar-refractivity contribution in [2.24, 2.45) is 5.92 Å². The molecule has 0 saturated heterocycles. The van der Waals surface area contributed by atoms with E-state index in [2.05, 4.69) is 0 Å². The van der Waals surface area contributed by atoms with E-state index in [1.807, 2.05) is 0 Å². The molecule has 1 atom stereocenters. The molecule has 1 N–H and O–H groups in total. The lowest BCUT2D eigenvalue weighted by molar-refractivity contribution is 0.0872. The minimum atomic E-state index is -2.39. The minimum absolute atomic E-state index is 0.324. The summed E-state index contributed by atoms with van der Waals surface area (Å²) in [5.74, 6) is -1.97. The molecule has 0 spiro atoms. The molecule has 1 fully saturated rings. The normalized spacial score (nSPS) is 21.2. The second kappa shape index (κ2) is 4.65.